The summed E-state index contributed by atoms with van der Waals surface area (Å²) in [6.45, 7) is 0. The van der Waals surface area contributed by atoms with Crippen LogP contribution in [-0.4, -0.2) is 21.2 Å². The number of aliphatic carboxylic acids is 1. The van der Waals surface area contributed by atoms with Crippen molar-refractivity contribution < 1.29 is 15.0 Å². The van der Waals surface area contributed by atoms with Gasteiger partial charge in [-0.3, -0.25) is 4.79 Å². The van der Waals surface area contributed by atoms with Crippen LogP contribution in [0.3, 0.4) is 0 Å². The van der Waals surface area contributed by atoms with Crippen molar-refractivity contribution in [2.45, 2.75) is 12.5 Å². The fraction of sp³-hybridized carbons (Fsp3) is 0.333. The van der Waals surface area contributed by atoms with E-state index in [4.69, 9.17) is 10.2 Å². The molecule has 0 saturated carbocycles. The van der Waals surface area contributed by atoms with E-state index in [2.05, 4.69) is 4.98 Å². The molecule has 0 aliphatic carbocycles. The summed E-state index contributed by atoms with van der Waals surface area (Å²) in [7, 11) is 0. The lowest BCUT2D eigenvalue weighted by molar-refractivity contribution is -0.139. The average Bonchev–Trinajstić information content (AvgIpc) is 2.35. The quantitative estimate of drug-likeness (QED) is 0.704. The van der Waals surface area contributed by atoms with Gasteiger partial charge in [0, 0.05) is 11.6 Å². The summed E-state index contributed by atoms with van der Waals surface area (Å²) in [4.78, 5) is 13.9. The highest BCUT2D eigenvalue weighted by atomic mass is 32.1. The highest BCUT2D eigenvalue weighted by Crippen LogP contribution is 2.17. The van der Waals surface area contributed by atoms with Crippen molar-refractivity contribution in [3.8, 4) is 0 Å². The SMILES string of the molecule is O=C(O)C[C@H](O)c1nccs1. The van der Waals surface area contributed by atoms with Crippen LogP contribution < -0.4 is 0 Å². The summed E-state index contributed by atoms with van der Waals surface area (Å²) in [5.41, 5.74) is 0. The van der Waals surface area contributed by atoms with E-state index in [0.29, 0.717) is 5.01 Å². The number of hydrogen-bond donors (Lipinski definition) is 2. The maximum atomic E-state index is 10.1. The van der Waals surface area contributed by atoms with Gasteiger partial charge in [0.2, 0.25) is 0 Å². The van der Waals surface area contributed by atoms with Gasteiger partial charge in [0.1, 0.15) is 11.1 Å². The Morgan fingerprint density at radius 3 is 3.00 bits per heavy atom. The Hall–Kier alpha value is -0.940. The Bertz CT molecular complexity index is 234. The standard InChI is InChI=1S/C6H7NO3S/c8-4(3-5(9)10)6-7-1-2-11-6/h1-2,4,8H,3H2,(H,9,10)/t4-/m0/s1. The molecule has 0 unspecified atom stereocenters. The van der Waals surface area contributed by atoms with Crippen molar-refractivity contribution in [2.24, 2.45) is 0 Å². The average molecular weight is 173 g/mol. The second kappa shape index (κ2) is 3.45. The molecule has 0 spiro atoms. The molecule has 1 heterocycles. The van der Waals surface area contributed by atoms with Gasteiger partial charge >= 0.3 is 5.97 Å². The summed E-state index contributed by atoms with van der Waals surface area (Å²) in [5, 5.41) is 19.6. The number of aromatic nitrogens is 1. The van der Waals surface area contributed by atoms with Crippen LogP contribution >= 0.6 is 11.3 Å². The van der Waals surface area contributed by atoms with E-state index in [0.717, 1.165) is 0 Å². The smallest absolute Gasteiger partial charge is 0.306 e. The zero-order chi connectivity index (χ0) is 8.27. The zero-order valence-electron chi connectivity index (χ0n) is 5.60. The maximum Gasteiger partial charge on any atom is 0.306 e. The van der Waals surface area contributed by atoms with E-state index < -0.39 is 12.1 Å². The number of nitrogens with zero attached hydrogens (tertiary/aromatic N) is 1. The molecule has 0 bridgehead atoms. The molecule has 1 aromatic rings. The fourth-order valence-corrected chi connectivity index (χ4v) is 1.28. The number of thiazole rings is 1. The second-order valence-corrected chi connectivity index (χ2v) is 2.91. The molecule has 11 heavy (non-hydrogen) atoms. The summed E-state index contributed by atoms with van der Waals surface area (Å²) in [5.74, 6) is -1.02. The van der Waals surface area contributed by atoms with E-state index in [1.165, 1.54) is 17.5 Å². The highest BCUT2D eigenvalue weighted by molar-refractivity contribution is 7.09. The van der Waals surface area contributed by atoms with Crippen LogP contribution in [0, 0.1) is 0 Å². The Morgan fingerprint density at radius 1 is 1.82 bits per heavy atom. The van der Waals surface area contributed by atoms with Crippen LogP contribution in [0.2, 0.25) is 0 Å². The summed E-state index contributed by atoms with van der Waals surface area (Å²) in [6, 6.07) is 0. The lowest BCUT2D eigenvalue weighted by Gasteiger charge is -2.01. The lowest BCUT2D eigenvalue weighted by atomic mass is 10.3. The molecule has 0 aromatic carbocycles. The molecule has 5 heteroatoms. The number of rotatable bonds is 3. The molecule has 0 aliphatic rings. The van der Waals surface area contributed by atoms with E-state index in [-0.39, 0.29) is 6.42 Å². The highest BCUT2D eigenvalue weighted by Gasteiger charge is 2.13. The molecular weight excluding hydrogens is 166 g/mol. The molecule has 0 fully saturated rings. The first-order chi connectivity index (χ1) is 5.20. The third-order valence-corrected chi connectivity index (χ3v) is 1.98. The van der Waals surface area contributed by atoms with Gasteiger partial charge < -0.3 is 10.2 Å². The molecule has 0 saturated heterocycles. The number of carboxylic acid groups (broad SMARTS) is 1. The summed E-state index contributed by atoms with van der Waals surface area (Å²) in [6.07, 6.45) is 0.283. The predicted molar refractivity (Wildman–Crippen MR) is 39.3 cm³/mol. The minimum atomic E-state index is -1.02. The molecule has 1 aromatic heterocycles. The van der Waals surface area contributed by atoms with Gasteiger partial charge in [0.25, 0.3) is 0 Å². The van der Waals surface area contributed by atoms with Gasteiger partial charge in [-0.1, -0.05) is 0 Å². The van der Waals surface area contributed by atoms with Gasteiger partial charge in [-0.25, -0.2) is 4.98 Å². The van der Waals surface area contributed by atoms with Crippen molar-refractivity contribution in [1.82, 2.24) is 4.98 Å². The van der Waals surface area contributed by atoms with Crippen LogP contribution in [0.15, 0.2) is 11.6 Å². The van der Waals surface area contributed by atoms with E-state index in [9.17, 15) is 4.79 Å². The van der Waals surface area contributed by atoms with E-state index >= 15 is 0 Å². The number of aliphatic hydroxyl groups excluding tert-OH is 1. The molecule has 1 rings (SSSR count). The van der Waals surface area contributed by atoms with Crippen LogP contribution in [0.25, 0.3) is 0 Å². The first-order valence-electron chi connectivity index (χ1n) is 2.99. The van der Waals surface area contributed by atoms with Crippen molar-refractivity contribution in [3.05, 3.63) is 16.6 Å². The van der Waals surface area contributed by atoms with Crippen LogP contribution in [0.1, 0.15) is 17.5 Å². The predicted octanol–water partition coefficient (Wildman–Crippen LogP) is 0.651. The maximum absolute atomic E-state index is 10.1. The number of carboxylic acids is 1. The number of hydrogen-bond acceptors (Lipinski definition) is 4. The normalized spacial score (nSPS) is 12.8. The zero-order valence-corrected chi connectivity index (χ0v) is 6.41. The first-order valence-corrected chi connectivity index (χ1v) is 3.87. The van der Waals surface area contributed by atoms with Crippen LogP contribution in [0.5, 0.6) is 0 Å². The minimum Gasteiger partial charge on any atom is -0.481 e. The third-order valence-electron chi connectivity index (χ3n) is 1.10. The molecule has 60 valence electrons. The Balaban J connectivity index is 2.56. The van der Waals surface area contributed by atoms with Gasteiger partial charge in [0.15, 0.2) is 0 Å². The number of aliphatic hydroxyl groups is 1. The van der Waals surface area contributed by atoms with Crippen LogP contribution in [0.4, 0.5) is 0 Å². The van der Waals surface area contributed by atoms with Gasteiger partial charge in [-0.15, -0.1) is 11.3 Å². The molecule has 1 atom stereocenters. The monoisotopic (exact) mass is 173 g/mol. The minimum absolute atomic E-state index is 0.284. The summed E-state index contributed by atoms with van der Waals surface area (Å²) >= 11 is 1.25. The Kier molecular flexibility index (Phi) is 2.56. The van der Waals surface area contributed by atoms with E-state index in [1.54, 1.807) is 5.38 Å². The molecule has 4 nitrogen and oxygen atoms in total. The molecular formula is C6H7NO3S. The Labute approximate surface area is 67.1 Å². The topological polar surface area (TPSA) is 70.4 Å². The van der Waals surface area contributed by atoms with Gasteiger partial charge in [0.05, 0.1) is 6.42 Å². The lowest BCUT2D eigenvalue weighted by Crippen LogP contribution is -2.04. The van der Waals surface area contributed by atoms with Crippen molar-refractivity contribution in [3.63, 3.8) is 0 Å². The largest absolute Gasteiger partial charge is 0.481 e. The first kappa shape index (κ1) is 8.16. The second-order valence-electron chi connectivity index (χ2n) is 1.98. The fourth-order valence-electron chi connectivity index (χ4n) is 0.652. The Morgan fingerprint density at radius 2 is 2.55 bits per heavy atom. The van der Waals surface area contributed by atoms with Gasteiger partial charge in [-0.2, -0.15) is 0 Å². The van der Waals surface area contributed by atoms with Crippen molar-refractivity contribution in [2.75, 3.05) is 0 Å². The van der Waals surface area contributed by atoms with Gasteiger partial charge in [-0.05, 0) is 0 Å². The number of carbonyl (C=O) groups is 1. The summed E-state index contributed by atoms with van der Waals surface area (Å²) < 4.78 is 0. The molecule has 0 amide bonds. The molecule has 2 N–H and O–H groups in total. The van der Waals surface area contributed by atoms with Crippen LogP contribution in [-0.2, 0) is 4.79 Å². The van der Waals surface area contributed by atoms with Crippen molar-refractivity contribution >= 4 is 17.3 Å². The van der Waals surface area contributed by atoms with E-state index in [1.807, 2.05) is 0 Å². The molecule has 0 aliphatic heterocycles. The van der Waals surface area contributed by atoms with Crippen molar-refractivity contribution in [1.29, 1.82) is 0 Å². The molecule has 0 radical (unpaired) electrons. The third kappa shape index (κ3) is 2.28.